The molecule has 34 heavy (non-hydrogen) atoms. The molecule has 0 radical (unpaired) electrons. The number of morpholine rings is 1. The molecule has 3 atom stereocenters. The van der Waals surface area contributed by atoms with Gasteiger partial charge in [-0.2, -0.15) is 13.2 Å². The largest absolute Gasteiger partial charge is 0.416 e. The maximum atomic E-state index is 13.8. The van der Waals surface area contributed by atoms with E-state index in [1.807, 2.05) is 4.90 Å². The first kappa shape index (κ1) is 22.4. The number of aryl methyl sites for hydroxylation is 1. The smallest absolute Gasteiger partial charge is 0.379 e. The summed E-state index contributed by atoms with van der Waals surface area (Å²) in [5.74, 6) is 0.166. The van der Waals surface area contributed by atoms with Gasteiger partial charge in [0.15, 0.2) is 0 Å². The molecule has 10 heteroatoms. The van der Waals surface area contributed by atoms with E-state index in [0.29, 0.717) is 24.4 Å². The molecule has 1 aromatic heterocycles. The molecule has 0 saturated carbocycles. The Bertz CT molecular complexity index is 1320. The minimum absolute atomic E-state index is 0.00611. The summed E-state index contributed by atoms with van der Waals surface area (Å²) in [5, 5.41) is 3.14. The molecule has 2 aliphatic rings. The number of carbonyl (C=O) groups is 1. The van der Waals surface area contributed by atoms with Gasteiger partial charge in [0.1, 0.15) is 5.82 Å². The van der Waals surface area contributed by atoms with Crippen LogP contribution in [0.1, 0.15) is 46.7 Å². The molecule has 2 aromatic carbocycles. The van der Waals surface area contributed by atoms with Crippen molar-refractivity contribution >= 4 is 22.5 Å². The lowest BCUT2D eigenvalue weighted by Crippen LogP contribution is -2.41. The highest BCUT2D eigenvalue weighted by molar-refractivity contribution is 5.95. The second-order valence-electron chi connectivity index (χ2n) is 8.85. The number of hydrogen-bond donors (Lipinski definition) is 2. The molecule has 178 valence electrons. The number of anilines is 1. The van der Waals surface area contributed by atoms with Crippen LogP contribution in [0.3, 0.4) is 0 Å². The fourth-order valence-corrected chi connectivity index (χ4v) is 4.77. The minimum atomic E-state index is -4.62. The lowest BCUT2D eigenvalue weighted by atomic mass is 9.98. The van der Waals surface area contributed by atoms with E-state index in [9.17, 15) is 22.8 Å². The fraction of sp³-hybridized carbons (Fsp3) is 0.375. The number of benzene rings is 2. The van der Waals surface area contributed by atoms with Crippen LogP contribution in [0.5, 0.6) is 0 Å². The van der Waals surface area contributed by atoms with Gasteiger partial charge in [-0.3, -0.25) is 9.59 Å². The van der Waals surface area contributed by atoms with E-state index < -0.39 is 23.3 Å². The van der Waals surface area contributed by atoms with Gasteiger partial charge in [-0.1, -0.05) is 0 Å². The van der Waals surface area contributed by atoms with Crippen molar-refractivity contribution in [3.8, 4) is 0 Å². The van der Waals surface area contributed by atoms with Crippen LogP contribution in [0.4, 0.5) is 18.9 Å². The Morgan fingerprint density at radius 2 is 2.00 bits per heavy atom. The zero-order valence-corrected chi connectivity index (χ0v) is 18.6. The van der Waals surface area contributed by atoms with E-state index in [4.69, 9.17) is 4.74 Å². The van der Waals surface area contributed by atoms with Gasteiger partial charge in [0.05, 0.1) is 35.2 Å². The Labute approximate surface area is 192 Å². The average molecular weight is 472 g/mol. The van der Waals surface area contributed by atoms with Crippen LogP contribution in [0, 0.1) is 6.92 Å². The highest BCUT2D eigenvalue weighted by Gasteiger charge is 2.41. The molecule has 2 aliphatic heterocycles. The van der Waals surface area contributed by atoms with Crippen molar-refractivity contribution in [3.05, 3.63) is 69.3 Å². The zero-order chi connectivity index (χ0) is 24.2. The van der Waals surface area contributed by atoms with Crippen LogP contribution in [0.15, 0.2) is 41.2 Å². The first-order valence-corrected chi connectivity index (χ1v) is 11.0. The van der Waals surface area contributed by atoms with Gasteiger partial charge in [0.25, 0.3) is 11.5 Å². The highest BCUT2D eigenvalue weighted by Crippen LogP contribution is 2.37. The van der Waals surface area contributed by atoms with E-state index >= 15 is 0 Å². The van der Waals surface area contributed by atoms with Gasteiger partial charge in [0, 0.05) is 23.8 Å². The van der Waals surface area contributed by atoms with Crippen molar-refractivity contribution in [1.29, 1.82) is 0 Å². The number of likely N-dealkylation sites (tertiary alicyclic amines) is 1. The van der Waals surface area contributed by atoms with Gasteiger partial charge >= 0.3 is 6.18 Å². The normalized spacial score (nSPS) is 20.7. The molecule has 1 amide bonds. The number of halogens is 3. The average Bonchev–Trinajstić information content (AvgIpc) is 3.41. The Morgan fingerprint density at radius 1 is 1.26 bits per heavy atom. The van der Waals surface area contributed by atoms with Crippen molar-refractivity contribution < 1.29 is 22.7 Å². The predicted octanol–water partition coefficient (Wildman–Crippen LogP) is 4.04. The topological polar surface area (TPSA) is 87.3 Å². The minimum Gasteiger partial charge on any atom is -0.379 e. The van der Waals surface area contributed by atoms with Crippen LogP contribution in [0.2, 0.25) is 0 Å². The third-order valence-corrected chi connectivity index (χ3v) is 6.44. The molecule has 2 fully saturated rings. The number of nitrogens with zero attached hydrogens (tertiary/aromatic N) is 2. The molecule has 0 spiro atoms. The molecule has 2 N–H and O–H groups in total. The third-order valence-electron chi connectivity index (χ3n) is 6.44. The van der Waals surface area contributed by atoms with E-state index in [-0.39, 0.29) is 40.3 Å². The van der Waals surface area contributed by atoms with Crippen molar-refractivity contribution in [2.75, 3.05) is 18.5 Å². The quantitative estimate of drug-likeness (QED) is 0.599. The number of ether oxygens (including phenoxy) is 1. The number of H-pyrrole nitrogens is 1. The summed E-state index contributed by atoms with van der Waals surface area (Å²) in [4.78, 5) is 33.5. The van der Waals surface area contributed by atoms with Crippen molar-refractivity contribution in [3.63, 3.8) is 0 Å². The molecule has 0 aliphatic carbocycles. The highest BCUT2D eigenvalue weighted by atomic mass is 19.4. The molecule has 3 heterocycles. The van der Waals surface area contributed by atoms with E-state index in [2.05, 4.69) is 15.3 Å². The number of fused-ring (bicyclic) bond motifs is 3. The molecule has 3 aromatic rings. The van der Waals surface area contributed by atoms with Crippen LogP contribution in [0.25, 0.3) is 10.9 Å². The summed E-state index contributed by atoms with van der Waals surface area (Å²) in [7, 11) is 0. The van der Waals surface area contributed by atoms with Crippen LogP contribution >= 0.6 is 0 Å². The summed E-state index contributed by atoms with van der Waals surface area (Å²) in [5.41, 5.74) is -0.345. The van der Waals surface area contributed by atoms with Gasteiger partial charge < -0.3 is 19.9 Å². The van der Waals surface area contributed by atoms with Crippen molar-refractivity contribution in [1.82, 2.24) is 14.9 Å². The third kappa shape index (κ3) is 4.02. The second kappa shape index (κ2) is 8.12. The van der Waals surface area contributed by atoms with Gasteiger partial charge in [0.2, 0.25) is 0 Å². The maximum absolute atomic E-state index is 13.8. The van der Waals surface area contributed by atoms with Crippen LogP contribution in [-0.2, 0) is 10.9 Å². The monoisotopic (exact) mass is 472 g/mol. The van der Waals surface area contributed by atoms with Gasteiger partial charge in [-0.05, 0) is 62.2 Å². The van der Waals surface area contributed by atoms with Gasteiger partial charge in [-0.15, -0.1) is 0 Å². The second-order valence-corrected chi connectivity index (χ2v) is 8.85. The molecule has 2 saturated heterocycles. The summed E-state index contributed by atoms with van der Waals surface area (Å²) < 4.78 is 47.0. The SMILES string of the molecule is Cc1nc2cc(C(F)(F)F)c(C(C)Nc3ccc(C(=O)N4CC5CC4CO5)cc3)cc2c(=O)[nH]1. The zero-order valence-electron chi connectivity index (χ0n) is 18.6. The number of alkyl halides is 3. The fourth-order valence-electron chi connectivity index (χ4n) is 4.77. The molecule has 3 unspecified atom stereocenters. The maximum Gasteiger partial charge on any atom is 0.416 e. The Kier molecular flexibility index (Phi) is 5.35. The van der Waals surface area contributed by atoms with E-state index in [1.165, 1.54) is 13.0 Å². The summed E-state index contributed by atoms with van der Waals surface area (Å²) in [6, 6.07) is 8.14. The molecule has 2 bridgehead atoms. The van der Waals surface area contributed by atoms with Crippen LogP contribution in [-0.4, -0.2) is 46.1 Å². The van der Waals surface area contributed by atoms with Crippen LogP contribution < -0.4 is 10.9 Å². The van der Waals surface area contributed by atoms with Crippen molar-refractivity contribution in [2.45, 2.75) is 44.6 Å². The van der Waals surface area contributed by atoms with Gasteiger partial charge in [-0.25, -0.2) is 4.98 Å². The summed E-state index contributed by atoms with van der Waals surface area (Å²) in [6.45, 7) is 4.24. The molecule has 5 rings (SSSR count). The lowest BCUT2D eigenvalue weighted by Gasteiger charge is -2.27. The first-order valence-electron chi connectivity index (χ1n) is 11.0. The van der Waals surface area contributed by atoms with Crippen molar-refractivity contribution in [2.24, 2.45) is 0 Å². The number of aromatic nitrogens is 2. The Balaban J connectivity index is 1.40. The number of nitrogens with one attached hydrogen (secondary N) is 2. The standard InChI is InChI=1S/C24H23F3N4O3/c1-12(18-8-19-21(9-20(18)24(25,26)27)29-13(2)30-22(19)32)28-15-5-3-14(4-6-15)23(33)31-10-17-7-16(31)11-34-17/h3-6,8-9,12,16-17,28H,7,10-11H2,1-2H3,(H,29,30,32). The van der Waals surface area contributed by atoms with E-state index in [1.54, 1.807) is 31.2 Å². The number of aromatic amines is 1. The summed E-state index contributed by atoms with van der Waals surface area (Å²) in [6.07, 6.45) is -3.66. The number of carbonyl (C=O) groups excluding carboxylic acids is 1. The lowest BCUT2D eigenvalue weighted by molar-refractivity contribution is -0.138. The van der Waals surface area contributed by atoms with E-state index in [0.717, 1.165) is 12.5 Å². The first-order chi connectivity index (χ1) is 16.1. The molecular weight excluding hydrogens is 449 g/mol. The number of hydrogen-bond acceptors (Lipinski definition) is 5. The number of amides is 1. The Hall–Kier alpha value is -3.40. The molecule has 7 nitrogen and oxygen atoms in total. The number of rotatable bonds is 4. The Morgan fingerprint density at radius 3 is 2.62 bits per heavy atom. The predicted molar refractivity (Wildman–Crippen MR) is 120 cm³/mol. The summed E-state index contributed by atoms with van der Waals surface area (Å²) >= 11 is 0. The molecular formula is C24H23F3N4O3.